The number of aliphatic carboxylic acids is 1. The number of benzene rings is 1. The number of carboxylic acids is 1. The van der Waals surface area contributed by atoms with Gasteiger partial charge in [-0.2, -0.15) is 0 Å². The molecule has 1 atom stereocenters. The Hall–Kier alpha value is -2.04. The summed E-state index contributed by atoms with van der Waals surface area (Å²) < 4.78 is 0. The molecule has 0 spiro atoms. The summed E-state index contributed by atoms with van der Waals surface area (Å²) in [4.78, 5) is 25.2. The second-order valence-corrected chi connectivity index (χ2v) is 6.15. The third-order valence-corrected chi connectivity index (χ3v) is 3.26. The number of carboxylic acid groups (broad SMARTS) is 1. The lowest BCUT2D eigenvalue weighted by Crippen LogP contribution is -2.51. The van der Waals surface area contributed by atoms with Gasteiger partial charge in [-0.1, -0.05) is 24.3 Å². The first-order chi connectivity index (χ1) is 9.28. The van der Waals surface area contributed by atoms with Crippen LogP contribution in [0.15, 0.2) is 24.3 Å². The van der Waals surface area contributed by atoms with Crippen LogP contribution in [0.1, 0.15) is 37.8 Å². The van der Waals surface area contributed by atoms with Crippen molar-refractivity contribution in [3.05, 3.63) is 35.4 Å². The molecule has 0 saturated carbocycles. The first-order valence-corrected chi connectivity index (χ1v) is 6.65. The van der Waals surface area contributed by atoms with E-state index in [1.807, 2.05) is 45.0 Å². The zero-order valence-corrected chi connectivity index (χ0v) is 12.0. The van der Waals surface area contributed by atoms with Crippen LogP contribution in [0.3, 0.4) is 0 Å². The number of urea groups is 1. The highest BCUT2D eigenvalue weighted by Crippen LogP contribution is 2.28. The van der Waals surface area contributed by atoms with Gasteiger partial charge >= 0.3 is 12.0 Å². The Morgan fingerprint density at radius 3 is 2.55 bits per heavy atom. The van der Waals surface area contributed by atoms with Crippen LogP contribution in [0.2, 0.25) is 0 Å². The predicted octanol–water partition coefficient (Wildman–Crippen LogP) is 2.18. The fourth-order valence-corrected chi connectivity index (χ4v) is 2.37. The average molecular weight is 276 g/mol. The van der Waals surface area contributed by atoms with Crippen molar-refractivity contribution >= 4 is 12.0 Å². The fraction of sp³-hybridized carbons (Fsp3) is 0.467. The topological polar surface area (TPSA) is 69.6 Å². The molecule has 2 rings (SSSR count). The number of rotatable bonds is 1. The minimum atomic E-state index is -0.897. The molecule has 1 aromatic carbocycles. The predicted molar refractivity (Wildman–Crippen MR) is 75.5 cm³/mol. The van der Waals surface area contributed by atoms with Gasteiger partial charge in [-0.05, 0) is 31.9 Å². The van der Waals surface area contributed by atoms with Crippen LogP contribution < -0.4 is 5.32 Å². The number of hydrogen-bond donors (Lipinski definition) is 2. The minimum absolute atomic E-state index is 0.203. The summed E-state index contributed by atoms with van der Waals surface area (Å²) in [6.45, 7) is 6.35. The Balaban J connectivity index is 2.24. The Bertz CT molecular complexity index is 534. The summed E-state index contributed by atoms with van der Waals surface area (Å²) in [6, 6.07) is 7.18. The molecule has 0 saturated heterocycles. The first kappa shape index (κ1) is 14.4. The van der Waals surface area contributed by atoms with E-state index in [0.29, 0.717) is 6.54 Å². The lowest BCUT2D eigenvalue weighted by atomic mass is 9.90. The van der Waals surface area contributed by atoms with Crippen LogP contribution in [-0.2, 0) is 11.3 Å². The van der Waals surface area contributed by atoms with E-state index in [1.54, 1.807) is 4.90 Å². The van der Waals surface area contributed by atoms with Gasteiger partial charge in [-0.15, -0.1) is 0 Å². The van der Waals surface area contributed by atoms with Crippen molar-refractivity contribution in [1.82, 2.24) is 10.2 Å². The summed E-state index contributed by atoms with van der Waals surface area (Å²) in [6.07, 6.45) is 0. The van der Waals surface area contributed by atoms with E-state index in [-0.39, 0.29) is 18.1 Å². The molecule has 0 aromatic heterocycles. The number of nitrogens with zero attached hydrogens (tertiary/aromatic N) is 1. The lowest BCUT2D eigenvalue weighted by molar-refractivity contribution is -0.139. The van der Waals surface area contributed by atoms with Crippen LogP contribution >= 0.6 is 0 Å². The Morgan fingerprint density at radius 1 is 1.30 bits per heavy atom. The molecule has 5 heteroatoms. The van der Waals surface area contributed by atoms with Crippen molar-refractivity contribution in [2.24, 2.45) is 0 Å². The summed E-state index contributed by atoms with van der Waals surface area (Å²) in [5, 5.41) is 12.2. The number of carbonyl (C=O) groups excluding carboxylic acids is 1. The van der Waals surface area contributed by atoms with E-state index >= 15 is 0 Å². The largest absolute Gasteiger partial charge is 0.481 e. The third kappa shape index (κ3) is 3.10. The van der Waals surface area contributed by atoms with Crippen molar-refractivity contribution in [1.29, 1.82) is 0 Å². The SMILES string of the molecule is CC(C)(C)NC(=O)N1Cc2ccccc2C(C(=O)O)C1. The Labute approximate surface area is 118 Å². The summed E-state index contributed by atoms with van der Waals surface area (Å²) in [5.41, 5.74) is 1.36. The van der Waals surface area contributed by atoms with Gasteiger partial charge in [0.25, 0.3) is 0 Å². The smallest absolute Gasteiger partial charge is 0.318 e. The average Bonchev–Trinajstić information content (AvgIpc) is 2.35. The van der Waals surface area contributed by atoms with Crippen molar-refractivity contribution in [3.63, 3.8) is 0 Å². The fourth-order valence-electron chi connectivity index (χ4n) is 2.37. The van der Waals surface area contributed by atoms with Gasteiger partial charge in [0.2, 0.25) is 0 Å². The number of amides is 2. The van der Waals surface area contributed by atoms with Crippen molar-refractivity contribution < 1.29 is 14.7 Å². The number of hydrogen-bond acceptors (Lipinski definition) is 2. The Kier molecular flexibility index (Phi) is 3.70. The molecular weight excluding hydrogens is 256 g/mol. The molecule has 1 aliphatic heterocycles. The highest BCUT2D eigenvalue weighted by molar-refractivity contribution is 5.81. The zero-order valence-electron chi connectivity index (χ0n) is 12.0. The molecule has 0 aliphatic carbocycles. The van der Waals surface area contributed by atoms with Crippen LogP contribution in [0.4, 0.5) is 4.79 Å². The lowest BCUT2D eigenvalue weighted by Gasteiger charge is -2.34. The van der Waals surface area contributed by atoms with Gasteiger partial charge in [0.05, 0.1) is 5.92 Å². The number of fused-ring (bicyclic) bond motifs is 1. The molecule has 1 aliphatic rings. The van der Waals surface area contributed by atoms with Crippen LogP contribution in [-0.4, -0.2) is 34.1 Å². The summed E-state index contributed by atoms with van der Waals surface area (Å²) >= 11 is 0. The number of carbonyl (C=O) groups is 2. The van der Waals surface area contributed by atoms with Crippen LogP contribution in [0, 0.1) is 0 Å². The van der Waals surface area contributed by atoms with Crippen molar-refractivity contribution in [3.8, 4) is 0 Å². The first-order valence-electron chi connectivity index (χ1n) is 6.65. The molecule has 0 fully saturated rings. The molecule has 2 N–H and O–H groups in total. The van der Waals surface area contributed by atoms with Crippen LogP contribution in [0.5, 0.6) is 0 Å². The van der Waals surface area contributed by atoms with E-state index in [1.165, 1.54) is 0 Å². The molecule has 108 valence electrons. The van der Waals surface area contributed by atoms with Gasteiger partial charge in [-0.3, -0.25) is 4.79 Å². The van der Waals surface area contributed by atoms with Gasteiger partial charge in [0.1, 0.15) is 0 Å². The highest BCUT2D eigenvalue weighted by Gasteiger charge is 2.33. The number of nitrogens with one attached hydrogen (secondary N) is 1. The van der Waals surface area contributed by atoms with Gasteiger partial charge in [0, 0.05) is 18.6 Å². The monoisotopic (exact) mass is 276 g/mol. The second-order valence-electron chi connectivity index (χ2n) is 6.15. The van der Waals surface area contributed by atoms with Crippen molar-refractivity contribution in [2.75, 3.05) is 6.54 Å². The molecule has 1 heterocycles. The quantitative estimate of drug-likeness (QED) is 0.826. The minimum Gasteiger partial charge on any atom is -0.481 e. The maximum Gasteiger partial charge on any atom is 0.318 e. The van der Waals surface area contributed by atoms with E-state index in [0.717, 1.165) is 11.1 Å². The standard InChI is InChI=1S/C15H20N2O3/c1-15(2,3)16-14(20)17-8-10-6-4-5-7-11(10)12(9-17)13(18)19/h4-7,12H,8-9H2,1-3H3,(H,16,20)(H,18,19). The van der Waals surface area contributed by atoms with E-state index in [9.17, 15) is 14.7 Å². The molecule has 5 nitrogen and oxygen atoms in total. The van der Waals surface area contributed by atoms with Gasteiger partial charge in [0.15, 0.2) is 0 Å². The van der Waals surface area contributed by atoms with E-state index in [2.05, 4.69) is 5.32 Å². The molecule has 0 bridgehead atoms. The maximum absolute atomic E-state index is 12.2. The van der Waals surface area contributed by atoms with E-state index in [4.69, 9.17) is 0 Å². The molecule has 20 heavy (non-hydrogen) atoms. The molecule has 1 aromatic rings. The molecule has 2 amide bonds. The van der Waals surface area contributed by atoms with Gasteiger partial charge < -0.3 is 15.3 Å². The van der Waals surface area contributed by atoms with Crippen LogP contribution in [0.25, 0.3) is 0 Å². The van der Waals surface area contributed by atoms with Crippen molar-refractivity contribution in [2.45, 2.75) is 38.8 Å². The third-order valence-electron chi connectivity index (χ3n) is 3.26. The maximum atomic E-state index is 12.2. The molecule has 1 unspecified atom stereocenters. The van der Waals surface area contributed by atoms with Gasteiger partial charge in [-0.25, -0.2) is 4.79 Å². The molecule has 0 radical (unpaired) electrons. The normalized spacial score (nSPS) is 18.4. The highest BCUT2D eigenvalue weighted by atomic mass is 16.4. The van der Waals surface area contributed by atoms with E-state index < -0.39 is 11.9 Å². The summed E-state index contributed by atoms with van der Waals surface area (Å²) in [7, 11) is 0. The molecular formula is C15H20N2O3. The Morgan fingerprint density at radius 2 is 1.95 bits per heavy atom. The zero-order chi connectivity index (χ0) is 14.9. The summed E-state index contributed by atoms with van der Waals surface area (Å²) in [5.74, 6) is -1.56. The second kappa shape index (κ2) is 5.15.